The van der Waals surface area contributed by atoms with Crippen molar-refractivity contribution in [2.45, 2.75) is 84.4 Å². The third-order valence-corrected chi connectivity index (χ3v) is 7.62. The zero-order chi connectivity index (χ0) is 24.1. The lowest BCUT2D eigenvalue weighted by molar-refractivity contribution is -0.0925. The second kappa shape index (κ2) is 11.5. The van der Waals surface area contributed by atoms with Gasteiger partial charge in [0.15, 0.2) is 0 Å². The minimum atomic E-state index is -1.44. The first-order chi connectivity index (χ1) is 15.1. The Kier molecular flexibility index (Phi) is 9.58. The molecule has 1 unspecified atom stereocenters. The van der Waals surface area contributed by atoms with Gasteiger partial charge in [0, 0.05) is 37.4 Å². The Labute approximate surface area is 190 Å². The number of aromatic amines is 1. The van der Waals surface area contributed by atoms with E-state index in [-0.39, 0.29) is 37.8 Å². The lowest BCUT2D eigenvalue weighted by atomic mass is 9.96. The summed E-state index contributed by atoms with van der Waals surface area (Å²) in [6, 6.07) is 2.44. The molecule has 0 amide bonds. The highest BCUT2D eigenvalue weighted by atomic mass is 31.2. The fraction of sp³-hybridized carbons (Fsp3) is 0.762. The average molecular weight is 471 g/mol. The number of aromatic nitrogens is 2. The number of nitrogens with zero attached hydrogens (tertiary/aromatic N) is 3. The number of aryl methyl sites for hydroxylation is 1. The van der Waals surface area contributed by atoms with Gasteiger partial charge in [-0.15, -0.1) is 0 Å². The molecule has 2 rings (SSSR count). The van der Waals surface area contributed by atoms with E-state index >= 15 is 0 Å². The number of nitriles is 1. The quantitative estimate of drug-likeness (QED) is 0.387. The maximum atomic E-state index is 12.3. The van der Waals surface area contributed by atoms with Crippen molar-refractivity contribution >= 4 is 8.53 Å². The molecule has 4 atom stereocenters. The van der Waals surface area contributed by atoms with Crippen LogP contribution in [0.2, 0.25) is 0 Å². The predicted octanol–water partition coefficient (Wildman–Crippen LogP) is 2.83. The predicted molar refractivity (Wildman–Crippen MR) is 121 cm³/mol. The summed E-state index contributed by atoms with van der Waals surface area (Å²) in [6.07, 6.45) is 1.16. The Morgan fingerprint density at radius 1 is 1.34 bits per heavy atom. The molecule has 0 saturated carbocycles. The Balaban J connectivity index is 2.23. The van der Waals surface area contributed by atoms with Crippen LogP contribution in [0, 0.1) is 18.3 Å². The summed E-state index contributed by atoms with van der Waals surface area (Å²) >= 11 is 0. The van der Waals surface area contributed by atoms with Crippen LogP contribution < -0.4 is 11.2 Å². The Bertz CT molecular complexity index is 903. The highest BCUT2D eigenvalue weighted by Crippen LogP contribution is 2.49. The Morgan fingerprint density at radius 3 is 2.56 bits per heavy atom. The van der Waals surface area contributed by atoms with Crippen molar-refractivity contribution in [2.75, 3.05) is 20.3 Å². The number of ether oxygens (including phenoxy) is 2. The number of nitrogens with one attached hydrogen (secondary N) is 1. The van der Waals surface area contributed by atoms with Crippen molar-refractivity contribution in [3.8, 4) is 6.07 Å². The molecule has 180 valence electrons. The van der Waals surface area contributed by atoms with E-state index in [1.165, 1.54) is 10.8 Å². The van der Waals surface area contributed by atoms with Crippen LogP contribution in [-0.2, 0) is 18.5 Å². The van der Waals surface area contributed by atoms with Crippen LogP contribution in [0.1, 0.15) is 59.3 Å². The maximum Gasteiger partial charge on any atom is 0.330 e. The molecule has 2 heterocycles. The van der Waals surface area contributed by atoms with Crippen molar-refractivity contribution in [1.82, 2.24) is 14.2 Å². The monoisotopic (exact) mass is 470 g/mol. The van der Waals surface area contributed by atoms with E-state index in [1.807, 2.05) is 6.92 Å². The van der Waals surface area contributed by atoms with Crippen LogP contribution in [0.15, 0.2) is 15.8 Å². The zero-order valence-corrected chi connectivity index (χ0v) is 20.8. The molecule has 0 radical (unpaired) electrons. The van der Waals surface area contributed by atoms with Crippen molar-refractivity contribution in [2.24, 2.45) is 0 Å². The maximum absolute atomic E-state index is 12.3. The second-order valence-electron chi connectivity index (χ2n) is 8.50. The Hall–Kier alpha value is -1.60. The highest BCUT2D eigenvalue weighted by molar-refractivity contribution is 7.44. The van der Waals surface area contributed by atoms with Crippen LogP contribution in [0.5, 0.6) is 0 Å². The van der Waals surface area contributed by atoms with E-state index < -0.39 is 31.6 Å². The third-order valence-electron chi connectivity index (χ3n) is 5.57. The molecule has 1 fully saturated rings. The SMILES string of the molecule is CO[C@]1(COP(OCCC#N)N(C(C)C)C(C)C)C[C@H](n2cc(C)c(=O)[nH]c2=O)O[C@@H]1C. The van der Waals surface area contributed by atoms with Crippen LogP contribution in [0.4, 0.5) is 0 Å². The van der Waals surface area contributed by atoms with Gasteiger partial charge in [-0.05, 0) is 41.5 Å². The molecule has 1 saturated heterocycles. The van der Waals surface area contributed by atoms with Crippen molar-refractivity contribution < 1.29 is 18.5 Å². The van der Waals surface area contributed by atoms with Crippen molar-refractivity contribution in [1.29, 1.82) is 5.26 Å². The molecule has 0 aliphatic carbocycles. The first-order valence-corrected chi connectivity index (χ1v) is 11.9. The highest BCUT2D eigenvalue weighted by Gasteiger charge is 2.49. The van der Waals surface area contributed by atoms with Gasteiger partial charge in [0.1, 0.15) is 11.8 Å². The van der Waals surface area contributed by atoms with Crippen LogP contribution in [-0.4, -0.2) is 58.3 Å². The van der Waals surface area contributed by atoms with Crippen molar-refractivity contribution in [3.05, 3.63) is 32.6 Å². The molecule has 1 aliphatic rings. The molecule has 11 heteroatoms. The topological polar surface area (TPSA) is 119 Å². The lowest BCUT2D eigenvalue weighted by Gasteiger charge is -2.38. The van der Waals surface area contributed by atoms with Gasteiger partial charge in [0.05, 0.1) is 31.8 Å². The van der Waals surface area contributed by atoms with Gasteiger partial charge in [-0.2, -0.15) is 5.26 Å². The number of hydrogen-bond acceptors (Lipinski definition) is 8. The molecular weight excluding hydrogens is 435 g/mol. The van der Waals surface area contributed by atoms with E-state index in [0.29, 0.717) is 12.0 Å². The largest absolute Gasteiger partial charge is 0.373 e. The minimum absolute atomic E-state index is 0.175. The summed E-state index contributed by atoms with van der Waals surface area (Å²) in [5, 5.41) is 8.89. The van der Waals surface area contributed by atoms with Crippen molar-refractivity contribution in [3.63, 3.8) is 0 Å². The van der Waals surface area contributed by atoms with E-state index in [9.17, 15) is 9.59 Å². The summed E-state index contributed by atoms with van der Waals surface area (Å²) in [7, 11) is 0.150. The number of methoxy groups -OCH3 is 1. The first kappa shape index (κ1) is 26.7. The van der Waals surface area contributed by atoms with Gasteiger partial charge in [0.2, 0.25) is 0 Å². The molecule has 1 aromatic heterocycles. The van der Waals surface area contributed by atoms with E-state index in [0.717, 1.165) is 0 Å². The average Bonchev–Trinajstić information content (AvgIpc) is 3.04. The Morgan fingerprint density at radius 2 is 2.00 bits per heavy atom. The standard InChI is InChI=1S/C21H35N4O6P/c1-14(2)25(15(3)4)32(29-10-8-9-22)30-13-21(28-7)11-18(31-17(21)6)24-12-16(5)19(26)23-20(24)27/h12,14-15,17-18H,8,10-11,13H2,1-7H3,(H,23,26,27)/t17-,18-,21+,32?/m1/s1. The van der Waals surface area contributed by atoms with Gasteiger partial charge in [-0.1, -0.05) is 0 Å². The number of hydrogen-bond donors (Lipinski definition) is 1. The molecule has 10 nitrogen and oxygen atoms in total. The van der Waals surface area contributed by atoms with Gasteiger partial charge in [0.25, 0.3) is 14.1 Å². The molecule has 1 aromatic rings. The number of rotatable bonds is 11. The third kappa shape index (κ3) is 6.04. The summed E-state index contributed by atoms with van der Waals surface area (Å²) in [6.45, 7) is 12.3. The fourth-order valence-electron chi connectivity index (χ4n) is 3.80. The number of H-pyrrole nitrogens is 1. The molecule has 0 aromatic carbocycles. The van der Waals surface area contributed by atoms with Gasteiger partial charge in [-0.3, -0.25) is 14.3 Å². The molecule has 0 bridgehead atoms. The van der Waals surface area contributed by atoms with E-state index in [1.54, 1.807) is 14.0 Å². The smallest absolute Gasteiger partial charge is 0.330 e. The minimum Gasteiger partial charge on any atom is -0.373 e. The first-order valence-electron chi connectivity index (χ1n) is 10.8. The molecular formula is C21H35N4O6P. The summed E-state index contributed by atoms with van der Waals surface area (Å²) in [4.78, 5) is 26.4. The normalized spacial score (nSPS) is 24.4. The fourth-order valence-corrected chi connectivity index (χ4v) is 5.47. The van der Waals surface area contributed by atoms with Gasteiger partial charge >= 0.3 is 5.69 Å². The van der Waals surface area contributed by atoms with Crippen LogP contribution in [0.3, 0.4) is 0 Å². The van der Waals surface area contributed by atoms with Crippen LogP contribution in [0.25, 0.3) is 0 Å². The summed E-state index contributed by atoms with van der Waals surface area (Å²) in [5.74, 6) is 0. The summed E-state index contributed by atoms with van der Waals surface area (Å²) < 4.78 is 27.7. The molecule has 0 spiro atoms. The molecule has 32 heavy (non-hydrogen) atoms. The van der Waals surface area contributed by atoms with Crippen LogP contribution >= 0.6 is 8.53 Å². The summed E-state index contributed by atoms with van der Waals surface area (Å²) in [5.41, 5.74) is -1.34. The molecule has 1 N–H and O–H groups in total. The van der Waals surface area contributed by atoms with Gasteiger partial charge < -0.3 is 18.5 Å². The lowest BCUT2D eigenvalue weighted by Crippen LogP contribution is -2.44. The second-order valence-corrected chi connectivity index (χ2v) is 9.96. The van der Waals surface area contributed by atoms with Gasteiger partial charge in [-0.25, -0.2) is 9.46 Å². The molecule has 1 aliphatic heterocycles. The zero-order valence-electron chi connectivity index (χ0n) is 20.0. The van der Waals surface area contributed by atoms with E-state index in [2.05, 4.69) is 43.4 Å². The van der Waals surface area contributed by atoms with E-state index in [4.69, 9.17) is 23.8 Å².